The summed E-state index contributed by atoms with van der Waals surface area (Å²) in [5.41, 5.74) is 5.11. The number of fused-ring (bicyclic) bond motifs is 1. The summed E-state index contributed by atoms with van der Waals surface area (Å²) in [6.07, 6.45) is -0.932. The van der Waals surface area contributed by atoms with Crippen LogP contribution in [0.25, 0.3) is 21.2 Å². The van der Waals surface area contributed by atoms with E-state index in [0.29, 0.717) is 12.4 Å². The first-order valence-electron chi connectivity index (χ1n) is 12.3. The van der Waals surface area contributed by atoms with E-state index in [2.05, 4.69) is 29.4 Å². The third-order valence-electron chi connectivity index (χ3n) is 6.17. The number of benzene rings is 3. The molecule has 0 saturated heterocycles. The van der Waals surface area contributed by atoms with Gasteiger partial charge in [0.25, 0.3) is 0 Å². The lowest BCUT2D eigenvalue weighted by Crippen LogP contribution is -2.21. The van der Waals surface area contributed by atoms with Crippen molar-refractivity contribution in [2.45, 2.75) is 38.9 Å². The molecule has 6 nitrogen and oxygen atoms in total. The summed E-state index contributed by atoms with van der Waals surface area (Å²) in [4.78, 5) is 11.2. The zero-order valence-electron chi connectivity index (χ0n) is 21.3. The van der Waals surface area contributed by atoms with Crippen LogP contribution in [0.4, 0.5) is 0 Å². The van der Waals surface area contributed by atoms with Gasteiger partial charge in [-0.1, -0.05) is 36.3 Å². The van der Waals surface area contributed by atoms with Crippen molar-refractivity contribution in [1.82, 2.24) is 0 Å². The lowest BCUT2D eigenvalue weighted by Gasteiger charge is -2.13. The Labute approximate surface area is 226 Å². The van der Waals surface area contributed by atoms with Crippen molar-refractivity contribution >= 4 is 27.4 Å². The molecule has 0 radical (unpaired) electrons. The molecule has 1 heterocycles. The number of aryl methyl sites for hydroxylation is 1. The number of aliphatic hydroxyl groups is 2. The van der Waals surface area contributed by atoms with Gasteiger partial charge < -0.3 is 24.8 Å². The van der Waals surface area contributed by atoms with E-state index >= 15 is 0 Å². The van der Waals surface area contributed by atoms with Crippen LogP contribution in [0.3, 0.4) is 0 Å². The van der Waals surface area contributed by atoms with Crippen molar-refractivity contribution in [2.24, 2.45) is 0 Å². The van der Waals surface area contributed by atoms with Gasteiger partial charge in [0, 0.05) is 15.6 Å². The van der Waals surface area contributed by atoms with Crippen LogP contribution in [0.15, 0.2) is 66.0 Å². The van der Waals surface area contributed by atoms with Crippen LogP contribution in [0, 0.1) is 18.8 Å². The normalized spacial score (nSPS) is 12.4. The Bertz CT molecular complexity index is 1460. The molecule has 7 heteroatoms. The van der Waals surface area contributed by atoms with E-state index in [1.807, 2.05) is 55.5 Å². The zero-order chi connectivity index (χ0) is 27.1. The summed E-state index contributed by atoms with van der Waals surface area (Å²) in [6, 6.07) is 19.6. The fourth-order valence-electron chi connectivity index (χ4n) is 4.19. The fraction of sp³-hybridized carbons (Fsp3) is 0.258. The zero-order valence-corrected chi connectivity index (χ0v) is 22.1. The minimum atomic E-state index is -0.906. The number of hydrogen-bond acceptors (Lipinski definition) is 6. The topological polar surface area (TPSA) is 96.2 Å². The minimum Gasteiger partial charge on any atom is -0.491 e. The van der Waals surface area contributed by atoms with Crippen LogP contribution in [0.2, 0.25) is 0 Å². The second-order valence-corrected chi connectivity index (χ2v) is 9.92. The second-order valence-electron chi connectivity index (χ2n) is 9.01. The predicted molar refractivity (Wildman–Crippen MR) is 150 cm³/mol. The van der Waals surface area contributed by atoms with Crippen LogP contribution < -0.4 is 9.47 Å². The summed E-state index contributed by atoms with van der Waals surface area (Å²) >= 11 is 1.67. The Morgan fingerprint density at radius 2 is 1.74 bits per heavy atom. The highest BCUT2D eigenvalue weighted by Crippen LogP contribution is 2.38. The molecule has 0 spiro atoms. The van der Waals surface area contributed by atoms with Crippen LogP contribution in [0.5, 0.6) is 11.5 Å². The van der Waals surface area contributed by atoms with Crippen LogP contribution in [-0.2, 0) is 11.4 Å². The van der Waals surface area contributed by atoms with Crippen molar-refractivity contribution in [2.75, 3.05) is 13.2 Å². The number of carboxylic acid groups (broad SMARTS) is 1. The molecule has 0 aliphatic rings. The molecule has 3 N–H and O–H groups in total. The molecular weight excluding hydrogens is 500 g/mol. The smallest absolute Gasteiger partial charge is 0.304 e. The average molecular weight is 531 g/mol. The Balaban J connectivity index is 1.48. The fourth-order valence-corrected chi connectivity index (χ4v) is 5.13. The first-order chi connectivity index (χ1) is 18.4. The Morgan fingerprint density at radius 1 is 1.00 bits per heavy atom. The first kappa shape index (κ1) is 27.2. The largest absolute Gasteiger partial charge is 0.491 e. The molecule has 196 valence electrons. The average Bonchev–Trinajstić information content (AvgIpc) is 3.33. The van der Waals surface area contributed by atoms with Gasteiger partial charge in [-0.05, 0) is 71.8 Å². The van der Waals surface area contributed by atoms with E-state index in [1.165, 1.54) is 0 Å². The first-order valence-corrected chi connectivity index (χ1v) is 13.2. The van der Waals surface area contributed by atoms with Gasteiger partial charge in [-0.2, -0.15) is 0 Å². The molecule has 1 unspecified atom stereocenters. The van der Waals surface area contributed by atoms with Crippen LogP contribution in [0.1, 0.15) is 36.0 Å². The van der Waals surface area contributed by atoms with Crippen molar-refractivity contribution in [1.29, 1.82) is 0 Å². The number of thiophene rings is 1. The molecule has 0 aliphatic heterocycles. The lowest BCUT2D eigenvalue weighted by molar-refractivity contribution is -0.137. The SMILES string of the molecule is CC#C[C@@H](CC(=O)O)c1ccc(COc2ccc3scc(-c4ccc(OCC(O)CO)cc4C)c3c2)cc1. The summed E-state index contributed by atoms with van der Waals surface area (Å²) < 4.78 is 12.8. The van der Waals surface area contributed by atoms with Crippen LogP contribution >= 0.6 is 11.3 Å². The minimum absolute atomic E-state index is 0.0261. The van der Waals surface area contributed by atoms with Gasteiger partial charge in [0.1, 0.15) is 30.8 Å². The maximum atomic E-state index is 11.2. The Hall–Kier alpha value is -3.83. The number of carboxylic acids is 1. The highest BCUT2D eigenvalue weighted by molar-refractivity contribution is 7.17. The predicted octanol–water partition coefficient (Wildman–Crippen LogP) is 5.77. The van der Waals surface area contributed by atoms with Gasteiger partial charge >= 0.3 is 5.97 Å². The molecule has 38 heavy (non-hydrogen) atoms. The number of aliphatic hydroxyl groups excluding tert-OH is 2. The van der Waals surface area contributed by atoms with Gasteiger partial charge in [0.15, 0.2) is 0 Å². The maximum absolute atomic E-state index is 11.2. The van der Waals surface area contributed by atoms with Gasteiger partial charge in [-0.15, -0.1) is 17.3 Å². The molecule has 1 aromatic heterocycles. The third-order valence-corrected chi connectivity index (χ3v) is 7.13. The molecule has 3 aromatic carbocycles. The molecule has 0 fully saturated rings. The van der Waals surface area contributed by atoms with E-state index in [1.54, 1.807) is 18.3 Å². The van der Waals surface area contributed by atoms with Crippen molar-refractivity contribution in [3.05, 3.63) is 82.7 Å². The number of carbonyl (C=O) groups is 1. The van der Waals surface area contributed by atoms with E-state index in [0.717, 1.165) is 43.7 Å². The van der Waals surface area contributed by atoms with Crippen molar-refractivity contribution in [3.8, 4) is 34.5 Å². The third kappa shape index (κ3) is 6.73. The van der Waals surface area contributed by atoms with Gasteiger partial charge in [0.2, 0.25) is 0 Å². The van der Waals surface area contributed by atoms with Gasteiger partial charge in [0.05, 0.1) is 18.9 Å². The second kappa shape index (κ2) is 12.6. The molecule has 0 amide bonds. The van der Waals surface area contributed by atoms with E-state index in [-0.39, 0.29) is 25.6 Å². The Kier molecular flexibility index (Phi) is 9.03. The highest BCUT2D eigenvalue weighted by atomic mass is 32.1. The number of ether oxygens (including phenoxy) is 2. The highest BCUT2D eigenvalue weighted by Gasteiger charge is 2.14. The molecule has 0 bridgehead atoms. The number of aliphatic carboxylic acids is 1. The Morgan fingerprint density at radius 3 is 2.42 bits per heavy atom. The molecular formula is C31H30O6S. The molecule has 4 aromatic rings. The van der Waals surface area contributed by atoms with E-state index < -0.39 is 12.1 Å². The summed E-state index contributed by atoms with van der Waals surface area (Å²) in [5.74, 6) is 6.00. The maximum Gasteiger partial charge on any atom is 0.304 e. The van der Waals surface area contributed by atoms with Crippen molar-refractivity contribution in [3.63, 3.8) is 0 Å². The number of rotatable bonds is 11. The van der Waals surface area contributed by atoms with Gasteiger partial charge in [-0.3, -0.25) is 4.79 Å². The lowest BCUT2D eigenvalue weighted by atomic mass is 9.95. The standard InChI is InChI=1S/C31H30O6S/c1-3-4-23(14-31(34)35)22-7-5-21(6-8-22)17-36-26-10-12-30-28(15-26)29(19-38-30)27-11-9-25(13-20(27)2)37-18-24(33)16-32/h5-13,15,19,23-24,32-33H,14,16-18H2,1-2H3,(H,34,35)/t23-,24?/m0/s1. The molecule has 0 saturated carbocycles. The van der Waals surface area contributed by atoms with E-state index in [9.17, 15) is 9.90 Å². The number of hydrogen-bond donors (Lipinski definition) is 3. The molecule has 0 aliphatic carbocycles. The van der Waals surface area contributed by atoms with Gasteiger partial charge in [-0.25, -0.2) is 0 Å². The summed E-state index contributed by atoms with van der Waals surface area (Å²) in [7, 11) is 0. The van der Waals surface area contributed by atoms with Crippen molar-refractivity contribution < 1.29 is 29.6 Å². The summed E-state index contributed by atoms with van der Waals surface area (Å²) in [6.45, 7) is 3.82. The van der Waals surface area contributed by atoms with E-state index in [4.69, 9.17) is 19.7 Å². The quantitative estimate of drug-likeness (QED) is 0.213. The van der Waals surface area contributed by atoms with Crippen LogP contribution in [-0.4, -0.2) is 40.6 Å². The summed E-state index contributed by atoms with van der Waals surface area (Å²) in [5, 5.41) is 30.9. The molecule has 2 atom stereocenters. The molecule has 4 rings (SSSR count). The monoisotopic (exact) mass is 530 g/mol.